The Bertz CT molecular complexity index is 710. The van der Waals surface area contributed by atoms with Gasteiger partial charge in [-0.3, -0.25) is 9.59 Å². The summed E-state index contributed by atoms with van der Waals surface area (Å²) < 4.78 is 18.0. The van der Waals surface area contributed by atoms with E-state index in [1.165, 1.54) is 24.3 Å². The molecule has 0 bridgehead atoms. The minimum absolute atomic E-state index is 0.0316. The molecule has 0 unspecified atom stereocenters. The lowest BCUT2D eigenvalue weighted by molar-refractivity contribution is -0.895. The number of nitrogens with one attached hydrogen (secondary N) is 3. The minimum Gasteiger partial charge on any atom is -0.444 e. The molecule has 1 aliphatic rings. The molecule has 1 fully saturated rings. The standard InChI is InChI=1S/C20H29FN4O4/c1-20(2,3)29-19(28)22-9-8-18(27)25-12-10-24(11-13-25)14-17(26)23-16-6-4-15(21)5-7-16/h4-7H,8-14H2,1-3H3,(H,22,28)(H,23,26)/p+1. The van der Waals surface area contributed by atoms with Gasteiger partial charge in [0.15, 0.2) is 6.54 Å². The lowest BCUT2D eigenvalue weighted by atomic mass is 10.2. The third-order valence-corrected chi connectivity index (χ3v) is 4.37. The molecule has 0 aromatic heterocycles. The maximum Gasteiger partial charge on any atom is 0.407 e. The first-order chi connectivity index (χ1) is 13.6. The molecule has 0 aliphatic carbocycles. The van der Waals surface area contributed by atoms with Crippen LogP contribution in [0.1, 0.15) is 27.2 Å². The van der Waals surface area contributed by atoms with E-state index < -0.39 is 11.7 Å². The van der Waals surface area contributed by atoms with E-state index in [2.05, 4.69) is 10.6 Å². The summed E-state index contributed by atoms with van der Waals surface area (Å²) in [5, 5.41) is 5.33. The fraction of sp³-hybridized carbons (Fsp3) is 0.550. The maximum atomic E-state index is 12.9. The number of carbonyl (C=O) groups is 3. The number of ether oxygens (including phenoxy) is 1. The molecular formula is C20H30FN4O4+. The van der Waals surface area contributed by atoms with Crippen LogP contribution in [0, 0.1) is 5.82 Å². The van der Waals surface area contributed by atoms with Crippen LogP contribution in [0.4, 0.5) is 14.9 Å². The Morgan fingerprint density at radius 2 is 1.76 bits per heavy atom. The lowest BCUT2D eigenvalue weighted by Crippen LogP contribution is -3.15. The zero-order chi connectivity index (χ0) is 21.4. The number of carbonyl (C=O) groups excluding carboxylic acids is 3. The minimum atomic E-state index is -0.573. The summed E-state index contributed by atoms with van der Waals surface area (Å²) >= 11 is 0. The smallest absolute Gasteiger partial charge is 0.407 e. The van der Waals surface area contributed by atoms with Crippen LogP contribution >= 0.6 is 0 Å². The first-order valence-corrected chi connectivity index (χ1v) is 9.76. The predicted molar refractivity (Wildman–Crippen MR) is 106 cm³/mol. The third kappa shape index (κ3) is 8.47. The molecule has 1 aromatic rings. The van der Waals surface area contributed by atoms with Crippen molar-refractivity contribution in [2.75, 3.05) is 44.6 Å². The third-order valence-electron chi connectivity index (χ3n) is 4.37. The van der Waals surface area contributed by atoms with Crippen LogP contribution in [0.3, 0.4) is 0 Å². The van der Waals surface area contributed by atoms with Gasteiger partial charge < -0.3 is 25.2 Å². The van der Waals surface area contributed by atoms with E-state index in [9.17, 15) is 18.8 Å². The van der Waals surface area contributed by atoms with Crippen LogP contribution in [-0.4, -0.2) is 67.7 Å². The molecule has 2 rings (SSSR count). The first-order valence-electron chi connectivity index (χ1n) is 9.76. The summed E-state index contributed by atoms with van der Waals surface area (Å²) in [6, 6.07) is 5.63. The average Bonchev–Trinajstić information content (AvgIpc) is 2.62. The summed E-state index contributed by atoms with van der Waals surface area (Å²) in [5.41, 5.74) is -0.0157. The average molecular weight is 409 g/mol. The van der Waals surface area contributed by atoms with E-state index in [4.69, 9.17) is 4.74 Å². The highest BCUT2D eigenvalue weighted by Crippen LogP contribution is 2.08. The molecule has 3 amide bonds. The Labute approximate surface area is 170 Å². The van der Waals surface area contributed by atoms with Crippen molar-refractivity contribution in [3.05, 3.63) is 30.1 Å². The summed E-state index contributed by atoms with van der Waals surface area (Å²) in [5.74, 6) is -0.528. The number of alkyl carbamates (subject to hydrolysis) is 1. The highest BCUT2D eigenvalue weighted by Gasteiger charge is 2.25. The van der Waals surface area contributed by atoms with Crippen molar-refractivity contribution in [1.29, 1.82) is 0 Å². The van der Waals surface area contributed by atoms with Gasteiger partial charge in [0, 0.05) is 18.7 Å². The summed E-state index contributed by atoms with van der Waals surface area (Å²) in [6.45, 7) is 8.30. The van der Waals surface area contributed by atoms with Gasteiger partial charge in [-0.15, -0.1) is 0 Å². The van der Waals surface area contributed by atoms with E-state index >= 15 is 0 Å². The van der Waals surface area contributed by atoms with Crippen LogP contribution in [0.15, 0.2) is 24.3 Å². The quantitative estimate of drug-likeness (QED) is 0.635. The van der Waals surface area contributed by atoms with Crippen LogP contribution in [0.25, 0.3) is 0 Å². The largest absolute Gasteiger partial charge is 0.444 e. The Morgan fingerprint density at radius 3 is 2.34 bits per heavy atom. The van der Waals surface area contributed by atoms with E-state index in [0.29, 0.717) is 38.4 Å². The second-order valence-corrected chi connectivity index (χ2v) is 8.04. The van der Waals surface area contributed by atoms with Crippen molar-refractivity contribution in [2.45, 2.75) is 32.8 Å². The molecule has 1 heterocycles. The summed E-state index contributed by atoms with van der Waals surface area (Å²) in [6.07, 6.45) is -0.327. The Hall–Kier alpha value is -2.68. The maximum absolute atomic E-state index is 12.9. The van der Waals surface area contributed by atoms with Crippen molar-refractivity contribution in [1.82, 2.24) is 10.2 Å². The highest BCUT2D eigenvalue weighted by atomic mass is 19.1. The van der Waals surface area contributed by atoms with Gasteiger partial charge in [-0.2, -0.15) is 0 Å². The molecule has 29 heavy (non-hydrogen) atoms. The molecule has 9 heteroatoms. The summed E-state index contributed by atoms with van der Waals surface area (Å²) in [4.78, 5) is 38.8. The molecule has 1 saturated heterocycles. The number of amides is 3. The number of nitrogens with zero attached hydrogens (tertiary/aromatic N) is 1. The van der Waals surface area contributed by atoms with Gasteiger partial charge >= 0.3 is 6.09 Å². The van der Waals surface area contributed by atoms with E-state index in [0.717, 1.165) is 4.90 Å². The Balaban J connectivity index is 1.65. The molecule has 8 nitrogen and oxygen atoms in total. The molecule has 0 radical (unpaired) electrons. The second-order valence-electron chi connectivity index (χ2n) is 8.04. The van der Waals surface area contributed by atoms with Gasteiger partial charge in [0.2, 0.25) is 5.91 Å². The normalized spacial score (nSPS) is 15.0. The van der Waals surface area contributed by atoms with Crippen LogP contribution in [-0.2, 0) is 14.3 Å². The fourth-order valence-corrected chi connectivity index (χ4v) is 2.96. The Morgan fingerprint density at radius 1 is 1.14 bits per heavy atom. The van der Waals surface area contributed by atoms with Crippen LogP contribution in [0.5, 0.6) is 0 Å². The number of anilines is 1. The fourth-order valence-electron chi connectivity index (χ4n) is 2.96. The van der Waals surface area contributed by atoms with Crippen molar-refractivity contribution in [3.8, 4) is 0 Å². The topological polar surface area (TPSA) is 92.2 Å². The summed E-state index contributed by atoms with van der Waals surface area (Å²) in [7, 11) is 0. The van der Waals surface area contributed by atoms with Crippen molar-refractivity contribution in [3.63, 3.8) is 0 Å². The van der Waals surface area contributed by atoms with E-state index in [-0.39, 0.29) is 30.6 Å². The number of piperazine rings is 1. The van der Waals surface area contributed by atoms with Gasteiger partial charge in [0.1, 0.15) is 11.4 Å². The number of quaternary nitrogens is 1. The second kappa shape index (κ2) is 10.2. The zero-order valence-corrected chi connectivity index (χ0v) is 17.2. The molecule has 160 valence electrons. The van der Waals surface area contributed by atoms with E-state index in [1.54, 1.807) is 25.7 Å². The molecule has 3 N–H and O–H groups in total. The number of hydrogen-bond donors (Lipinski definition) is 3. The molecule has 0 atom stereocenters. The lowest BCUT2D eigenvalue weighted by Gasteiger charge is -2.32. The first kappa shape index (κ1) is 22.6. The molecule has 1 aromatic carbocycles. The van der Waals surface area contributed by atoms with Gasteiger partial charge in [-0.25, -0.2) is 9.18 Å². The van der Waals surface area contributed by atoms with Crippen molar-refractivity contribution >= 4 is 23.6 Å². The Kier molecular flexibility index (Phi) is 7.95. The number of benzene rings is 1. The van der Waals surface area contributed by atoms with Gasteiger partial charge in [-0.1, -0.05) is 0 Å². The molecule has 1 aliphatic heterocycles. The molecular weight excluding hydrogens is 379 g/mol. The van der Waals surface area contributed by atoms with Gasteiger partial charge in [0.25, 0.3) is 5.91 Å². The predicted octanol–water partition coefficient (Wildman–Crippen LogP) is 0.406. The molecule has 0 spiro atoms. The number of halogens is 1. The number of rotatable bonds is 6. The SMILES string of the molecule is CC(C)(C)OC(=O)NCCC(=O)N1CC[NH+](CC(=O)Nc2ccc(F)cc2)CC1. The van der Waals surface area contributed by atoms with Gasteiger partial charge in [-0.05, 0) is 45.0 Å². The van der Waals surface area contributed by atoms with Gasteiger partial charge in [0.05, 0.1) is 26.2 Å². The highest BCUT2D eigenvalue weighted by molar-refractivity contribution is 5.91. The van der Waals surface area contributed by atoms with Crippen molar-refractivity contribution in [2.24, 2.45) is 0 Å². The molecule has 0 saturated carbocycles. The van der Waals surface area contributed by atoms with Crippen LogP contribution in [0.2, 0.25) is 0 Å². The van der Waals surface area contributed by atoms with Crippen molar-refractivity contribution < 1.29 is 28.4 Å². The van der Waals surface area contributed by atoms with Crippen LogP contribution < -0.4 is 15.5 Å². The van der Waals surface area contributed by atoms with E-state index in [1.807, 2.05) is 0 Å². The zero-order valence-electron chi connectivity index (χ0n) is 17.2. The monoisotopic (exact) mass is 409 g/mol. The number of hydrogen-bond acceptors (Lipinski definition) is 4.